The highest BCUT2D eigenvalue weighted by atomic mass is 19.4. The summed E-state index contributed by atoms with van der Waals surface area (Å²) in [6.07, 6.45) is -5.26. The summed E-state index contributed by atoms with van der Waals surface area (Å²) in [6, 6.07) is 0.105. The highest BCUT2D eigenvalue weighted by molar-refractivity contribution is 5.91. The van der Waals surface area contributed by atoms with Gasteiger partial charge in [-0.2, -0.15) is 13.2 Å². The first-order valence-electron chi connectivity index (χ1n) is 3.93. The van der Waals surface area contributed by atoms with Crippen molar-refractivity contribution in [2.75, 3.05) is 0 Å². The predicted molar refractivity (Wildman–Crippen MR) is 45.0 cm³/mol. The molecule has 17 heavy (non-hydrogen) atoms. The van der Waals surface area contributed by atoms with E-state index in [1.165, 1.54) is 0 Å². The number of nitrogens with zero attached hydrogens (tertiary/aromatic N) is 1. The number of alkyl halides is 3. The number of nitro groups is 1. The molecular formula is C8H3F4NO4. The second kappa shape index (κ2) is 4.00. The fraction of sp³-hybridized carbons (Fsp3) is 0.125. The van der Waals surface area contributed by atoms with E-state index in [9.17, 15) is 32.5 Å². The molecule has 0 aliphatic heterocycles. The van der Waals surface area contributed by atoms with Crippen LogP contribution >= 0.6 is 0 Å². The molecule has 0 aliphatic rings. The third-order valence-corrected chi connectivity index (χ3v) is 1.79. The molecule has 1 N–H and O–H groups in total. The first kappa shape index (κ1) is 12.9. The Bertz CT molecular complexity index is 462. The van der Waals surface area contributed by atoms with Crippen molar-refractivity contribution < 1.29 is 32.4 Å². The lowest BCUT2D eigenvalue weighted by molar-refractivity contribution is -0.388. The first-order valence-corrected chi connectivity index (χ1v) is 3.93. The molecule has 5 nitrogen and oxygen atoms in total. The number of aromatic carboxylic acids is 1. The average molecular weight is 253 g/mol. The van der Waals surface area contributed by atoms with E-state index in [1.54, 1.807) is 0 Å². The molecule has 0 saturated heterocycles. The summed E-state index contributed by atoms with van der Waals surface area (Å²) in [5, 5.41) is 18.8. The minimum absolute atomic E-state index is 0.0231. The zero-order valence-corrected chi connectivity index (χ0v) is 7.79. The van der Waals surface area contributed by atoms with E-state index in [2.05, 4.69) is 0 Å². The number of benzene rings is 1. The predicted octanol–water partition coefficient (Wildman–Crippen LogP) is 2.45. The van der Waals surface area contributed by atoms with Gasteiger partial charge in [-0.1, -0.05) is 0 Å². The van der Waals surface area contributed by atoms with Gasteiger partial charge in [0, 0.05) is 0 Å². The Labute approximate surface area is 90.4 Å². The maximum absolute atomic E-state index is 12.8. The monoisotopic (exact) mass is 253 g/mol. The fourth-order valence-corrected chi connectivity index (χ4v) is 1.20. The number of carboxylic acid groups (broad SMARTS) is 1. The van der Waals surface area contributed by atoms with E-state index in [-0.39, 0.29) is 12.1 Å². The molecule has 1 aromatic carbocycles. The molecule has 1 rings (SSSR count). The summed E-state index contributed by atoms with van der Waals surface area (Å²) in [6.45, 7) is 0. The number of nitro benzene ring substituents is 1. The van der Waals surface area contributed by atoms with Crippen molar-refractivity contribution in [3.8, 4) is 0 Å². The zero-order valence-electron chi connectivity index (χ0n) is 7.79. The van der Waals surface area contributed by atoms with E-state index in [1.807, 2.05) is 0 Å². The van der Waals surface area contributed by atoms with Gasteiger partial charge in [-0.05, 0) is 6.07 Å². The Hall–Kier alpha value is -2.19. The SMILES string of the molecule is O=C(O)c1cc(F)cc([N+](=O)[O-])c1C(F)(F)F. The Morgan fingerprint density at radius 3 is 2.24 bits per heavy atom. The van der Waals surface area contributed by atoms with Crippen LogP contribution in [0.4, 0.5) is 23.2 Å². The Morgan fingerprint density at radius 2 is 1.88 bits per heavy atom. The normalized spacial score (nSPS) is 11.3. The van der Waals surface area contributed by atoms with Gasteiger partial charge in [-0.3, -0.25) is 10.1 Å². The highest BCUT2D eigenvalue weighted by Crippen LogP contribution is 2.39. The van der Waals surface area contributed by atoms with Crippen LogP contribution in [-0.2, 0) is 6.18 Å². The molecule has 0 amide bonds. The molecular weight excluding hydrogens is 250 g/mol. The molecule has 0 bridgehead atoms. The van der Waals surface area contributed by atoms with Crippen LogP contribution in [0, 0.1) is 15.9 Å². The molecule has 0 atom stereocenters. The number of halogens is 4. The van der Waals surface area contributed by atoms with Gasteiger partial charge in [0.2, 0.25) is 0 Å². The van der Waals surface area contributed by atoms with Crippen LogP contribution in [-0.4, -0.2) is 16.0 Å². The van der Waals surface area contributed by atoms with Crippen molar-refractivity contribution in [2.24, 2.45) is 0 Å². The van der Waals surface area contributed by atoms with Crippen LogP contribution in [0.15, 0.2) is 12.1 Å². The third-order valence-electron chi connectivity index (χ3n) is 1.79. The fourth-order valence-electron chi connectivity index (χ4n) is 1.20. The van der Waals surface area contributed by atoms with Crippen LogP contribution in [0.5, 0.6) is 0 Å². The summed E-state index contributed by atoms with van der Waals surface area (Å²) in [4.78, 5) is 19.4. The van der Waals surface area contributed by atoms with Gasteiger partial charge in [-0.15, -0.1) is 0 Å². The molecule has 1 aromatic rings. The highest BCUT2D eigenvalue weighted by Gasteiger charge is 2.43. The number of hydrogen-bond donors (Lipinski definition) is 1. The van der Waals surface area contributed by atoms with E-state index in [4.69, 9.17) is 5.11 Å². The lowest BCUT2D eigenvalue weighted by atomic mass is 10.0. The maximum Gasteiger partial charge on any atom is 0.423 e. The van der Waals surface area contributed by atoms with Crippen molar-refractivity contribution in [1.29, 1.82) is 0 Å². The Morgan fingerprint density at radius 1 is 1.35 bits per heavy atom. The summed E-state index contributed by atoms with van der Waals surface area (Å²) >= 11 is 0. The average Bonchev–Trinajstić information content (AvgIpc) is 2.14. The summed E-state index contributed by atoms with van der Waals surface area (Å²) < 4.78 is 50.2. The molecule has 0 unspecified atom stereocenters. The second-order valence-corrected chi connectivity index (χ2v) is 2.91. The van der Waals surface area contributed by atoms with Crippen LogP contribution in [0.2, 0.25) is 0 Å². The zero-order chi connectivity index (χ0) is 13.4. The quantitative estimate of drug-likeness (QED) is 0.498. The van der Waals surface area contributed by atoms with Crippen LogP contribution in [0.3, 0.4) is 0 Å². The van der Waals surface area contributed by atoms with E-state index in [0.29, 0.717) is 0 Å². The van der Waals surface area contributed by atoms with Gasteiger partial charge in [0.1, 0.15) is 11.4 Å². The number of carboxylic acids is 1. The van der Waals surface area contributed by atoms with E-state index < -0.39 is 39.7 Å². The van der Waals surface area contributed by atoms with Crippen molar-refractivity contribution >= 4 is 11.7 Å². The maximum atomic E-state index is 12.8. The standard InChI is InChI=1S/C8H3F4NO4/c9-3-1-4(7(14)15)6(8(10,11)12)5(2-3)13(16)17/h1-2H,(H,14,15). The van der Waals surface area contributed by atoms with E-state index >= 15 is 0 Å². The van der Waals surface area contributed by atoms with Crippen LogP contribution in [0.1, 0.15) is 15.9 Å². The minimum atomic E-state index is -5.26. The number of carbonyl (C=O) groups is 1. The van der Waals surface area contributed by atoms with Crippen molar-refractivity contribution in [2.45, 2.75) is 6.18 Å². The molecule has 0 aromatic heterocycles. The molecule has 92 valence electrons. The van der Waals surface area contributed by atoms with Crippen molar-refractivity contribution in [3.05, 3.63) is 39.2 Å². The first-order chi connectivity index (χ1) is 7.64. The smallest absolute Gasteiger partial charge is 0.423 e. The molecule has 0 radical (unpaired) electrons. The second-order valence-electron chi connectivity index (χ2n) is 2.91. The van der Waals surface area contributed by atoms with Gasteiger partial charge in [0.15, 0.2) is 0 Å². The summed E-state index contributed by atoms with van der Waals surface area (Å²) in [5.41, 5.74) is -5.10. The summed E-state index contributed by atoms with van der Waals surface area (Å²) in [5.74, 6) is -3.53. The van der Waals surface area contributed by atoms with Crippen molar-refractivity contribution in [1.82, 2.24) is 0 Å². The Kier molecular flexibility index (Phi) is 3.03. The summed E-state index contributed by atoms with van der Waals surface area (Å²) in [7, 11) is 0. The minimum Gasteiger partial charge on any atom is -0.478 e. The van der Waals surface area contributed by atoms with Gasteiger partial charge in [-0.25, -0.2) is 9.18 Å². The lowest BCUT2D eigenvalue weighted by Gasteiger charge is -2.10. The molecule has 0 spiro atoms. The number of hydrogen-bond acceptors (Lipinski definition) is 3. The lowest BCUT2D eigenvalue weighted by Crippen LogP contribution is -2.16. The van der Waals surface area contributed by atoms with Crippen LogP contribution < -0.4 is 0 Å². The van der Waals surface area contributed by atoms with Gasteiger partial charge < -0.3 is 5.11 Å². The van der Waals surface area contributed by atoms with Gasteiger partial charge in [0.05, 0.1) is 16.6 Å². The van der Waals surface area contributed by atoms with Gasteiger partial charge >= 0.3 is 12.1 Å². The number of rotatable bonds is 2. The molecule has 0 aliphatic carbocycles. The van der Waals surface area contributed by atoms with Gasteiger partial charge in [0.25, 0.3) is 5.69 Å². The molecule has 9 heteroatoms. The molecule has 0 heterocycles. The topological polar surface area (TPSA) is 80.4 Å². The van der Waals surface area contributed by atoms with Crippen molar-refractivity contribution in [3.63, 3.8) is 0 Å². The van der Waals surface area contributed by atoms with E-state index in [0.717, 1.165) is 0 Å². The van der Waals surface area contributed by atoms with Crippen LogP contribution in [0.25, 0.3) is 0 Å². The molecule has 0 fully saturated rings. The third kappa shape index (κ3) is 2.49. The molecule has 0 saturated carbocycles. The largest absolute Gasteiger partial charge is 0.478 e. The Balaban J connectivity index is 3.72.